The number of para-hydroxylation sites is 3. The fraction of sp³-hybridized carbons (Fsp3) is 0.259. The highest BCUT2D eigenvalue weighted by molar-refractivity contribution is 9.10. The van der Waals surface area contributed by atoms with Gasteiger partial charge in [0.05, 0.1) is 25.1 Å². The number of carbonyl (C=O) groups excluding carboxylic acids is 1. The monoisotopic (exact) mass is 585 g/mol. The molecular formula is C27H28BrN3O5S. The highest BCUT2D eigenvalue weighted by atomic mass is 79.9. The number of methoxy groups -OCH3 is 1. The number of aliphatic imine (C=N–C) groups is 1. The minimum Gasteiger partial charge on any atom is -0.495 e. The molecule has 0 radical (unpaired) electrons. The Morgan fingerprint density at radius 2 is 1.78 bits per heavy atom. The first-order valence-corrected chi connectivity index (χ1v) is 14.1. The van der Waals surface area contributed by atoms with Gasteiger partial charge in [0.1, 0.15) is 22.2 Å². The van der Waals surface area contributed by atoms with Gasteiger partial charge in [0, 0.05) is 13.0 Å². The second-order valence-electron chi connectivity index (χ2n) is 8.54. The van der Waals surface area contributed by atoms with Gasteiger partial charge in [0.25, 0.3) is 10.0 Å². The maximum atomic E-state index is 13.6. The molecule has 8 nitrogen and oxygen atoms in total. The van der Waals surface area contributed by atoms with Gasteiger partial charge in [-0.25, -0.2) is 13.4 Å². The topological polar surface area (TPSA) is 97.3 Å². The van der Waals surface area contributed by atoms with E-state index < -0.39 is 20.8 Å². The number of nitrogens with one attached hydrogen (secondary N) is 1. The van der Waals surface area contributed by atoms with Gasteiger partial charge >= 0.3 is 0 Å². The number of anilines is 1. The van der Waals surface area contributed by atoms with Crippen LogP contribution >= 0.6 is 15.9 Å². The molecule has 1 aliphatic heterocycles. The Bertz CT molecular complexity index is 1440. The van der Waals surface area contributed by atoms with Crippen LogP contribution < -0.4 is 14.8 Å². The number of amidine groups is 1. The van der Waals surface area contributed by atoms with E-state index in [1.807, 2.05) is 32.0 Å². The fourth-order valence-electron chi connectivity index (χ4n) is 4.02. The number of hydrogen-bond acceptors (Lipinski definition) is 6. The van der Waals surface area contributed by atoms with Crippen LogP contribution in [0, 0.1) is 13.8 Å². The summed E-state index contributed by atoms with van der Waals surface area (Å²) in [4.78, 5) is 16.8. The summed E-state index contributed by atoms with van der Waals surface area (Å²) in [6.45, 7) is 4.36. The van der Waals surface area contributed by atoms with Gasteiger partial charge in [-0.2, -0.15) is 0 Å². The van der Waals surface area contributed by atoms with E-state index >= 15 is 0 Å². The lowest BCUT2D eigenvalue weighted by Crippen LogP contribution is -2.47. The Labute approximate surface area is 225 Å². The van der Waals surface area contributed by atoms with Crippen molar-refractivity contribution in [3.05, 3.63) is 77.9 Å². The smallest absolute Gasteiger partial charge is 0.267 e. The van der Waals surface area contributed by atoms with Crippen LogP contribution in [0.3, 0.4) is 0 Å². The molecule has 0 saturated carbocycles. The molecule has 0 aromatic heterocycles. The highest BCUT2D eigenvalue weighted by Crippen LogP contribution is 2.34. The Kier molecular flexibility index (Phi) is 8.19. The molecule has 0 saturated heterocycles. The molecule has 4 rings (SSSR count). The molecule has 1 unspecified atom stereocenters. The van der Waals surface area contributed by atoms with Gasteiger partial charge in [-0.3, -0.25) is 9.10 Å². The third-order valence-corrected chi connectivity index (χ3v) is 8.52. The van der Waals surface area contributed by atoms with E-state index in [2.05, 4.69) is 26.2 Å². The zero-order valence-corrected chi connectivity index (χ0v) is 23.2. The summed E-state index contributed by atoms with van der Waals surface area (Å²) >= 11 is 3.39. The molecule has 3 aromatic carbocycles. The third kappa shape index (κ3) is 5.80. The number of carbonyl (C=O) groups is 1. The summed E-state index contributed by atoms with van der Waals surface area (Å²) in [5, 5.41) is 2.79. The normalized spacial score (nSPS) is 14.8. The van der Waals surface area contributed by atoms with E-state index in [9.17, 15) is 13.2 Å². The number of aryl methyl sites for hydroxylation is 2. The SMILES string of the molecule is COc1ccccc1NC(=O)C(Br)C1=Nc2ccccc2S(=O)(=O)N1CCCOc1ccc(C)cc1C. The molecule has 0 fully saturated rings. The van der Waals surface area contributed by atoms with E-state index in [1.165, 1.54) is 17.5 Å². The average molecular weight is 587 g/mol. The van der Waals surface area contributed by atoms with Gasteiger partial charge in [0.2, 0.25) is 5.91 Å². The molecule has 1 heterocycles. The molecule has 194 valence electrons. The van der Waals surface area contributed by atoms with Crippen LogP contribution in [0.2, 0.25) is 0 Å². The van der Waals surface area contributed by atoms with Crippen molar-refractivity contribution < 1.29 is 22.7 Å². The number of sulfonamides is 1. The highest BCUT2D eigenvalue weighted by Gasteiger charge is 2.38. The van der Waals surface area contributed by atoms with Crippen LogP contribution in [0.4, 0.5) is 11.4 Å². The number of hydrogen-bond donors (Lipinski definition) is 1. The average Bonchev–Trinajstić information content (AvgIpc) is 2.88. The summed E-state index contributed by atoms with van der Waals surface area (Å²) < 4.78 is 39.6. The van der Waals surface area contributed by atoms with Gasteiger partial charge in [-0.05, 0) is 49.7 Å². The van der Waals surface area contributed by atoms with E-state index in [0.717, 1.165) is 16.9 Å². The van der Waals surface area contributed by atoms with Crippen LogP contribution in [0.5, 0.6) is 11.5 Å². The van der Waals surface area contributed by atoms with Crippen LogP contribution in [0.15, 0.2) is 76.6 Å². The number of alkyl halides is 1. The molecule has 1 N–H and O–H groups in total. The molecule has 1 atom stereocenters. The Balaban J connectivity index is 1.56. The first-order valence-electron chi connectivity index (χ1n) is 11.7. The lowest BCUT2D eigenvalue weighted by atomic mass is 10.1. The number of fused-ring (bicyclic) bond motifs is 1. The molecule has 37 heavy (non-hydrogen) atoms. The number of nitrogens with zero attached hydrogens (tertiary/aromatic N) is 2. The second-order valence-corrected chi connectivity index (χ2v) is 11.3. The standard InChI is InChI=1S/C27H28BrN3O5S/c1-18-13-14-22(19(2)17-18)36-16-8-15-31-26(29-21-10-5-7-12-24(21)37(31,33)34)25(28)27(32)30-20-9-4-6-11-23(20)35-3/h4-7,9-14,17,25H,8,15-16H2,1-3H3,(H,30,32). The van der Waals surface area contributed by atoms with Crippen LogP contribution in [-0.2, 0) is 14.8 Å². The van der Waals surface area contributed by atoms with Crippen LogP contribution in [0.1, 0.15) is 17.5 Å². The number of benzene rings is 3. The predicted octanol–water partition coefficient (Wildman–Crippen LogP) is 5.22. The molecule has 1 aliphatic rings. The molecule has 3 aromatic rings. The van der Waals surface area contributed by atoms with E-state index in [4.69, 9.17) is 9.47 Å². The van der Waals surface area contributed by atoms with Crippen molar-refractivity contribution in [3.63, 3.8) is 0 Å². The molecule has 1 amide bonds. The number of ether oxygens (including phenoxy) is 2. The summed E-state index contributed by atoms with van der Waals surface area (Å²) in [6.07, 6.45) is 0.390. The van der Waals surface area contributed by atoms with Crippen molar-refractivity contribution in [2.75, 3.05) is 25.6 Å². The summed E-state index contributed by atoms with van der Waals surface area (Å²) in [5.74, 6) is 0.840. The lowest BCUT2D eigenvalue weighted by Gasteiger charge is -2.31. The molecule has 0 spiro atoms. The predicted molar refractivity (Wildman–Crippen MR) is 148 cm³/mol. The van der Waals surface area contributed by atoms with E-state index in [1.54, 1.807) is 42.5 Å². The van der Waals surface area contributed by atoms with Crippen molar-refractivity contribution in [2.24, 2.45) is 4.99 Å². The van der Waals surface area contributed by atoms with Crippen LogP contribution in [-0.4, -0.2) is 49.6 Å². The molecule has 10 heteroatoms. The Hall–Kier alpha value is -3.37. The van der Waals surface area contributed by atoms with Gasteiger partial charge in [-0.15, -0.1) is 0 Å². The summed E-state index contributed by atoms with van der Waals surface area (Å²) in [7, 11) is -2.44. The van der Waals surface area contributed by atoms with Crippen molar-refractivity contribution in [2.45, 2.75) is 30.0 Å². The van der Waals surface area contributed by atoms with Gasteiger partial charge in [0.15, 0.2) is 4.83 Å². The third-order valence-electron chi connectivity index (χ3n) is 5.84. The Morgan fingerprint density at radius 3 is 2.54 bits per heavy atom. The zero-order chi connectivity index (χ0) is 26.6. The van der Waals surface area contributed by atoms with Crippen molar-refractivity contribution in [3.8, 4) is 11.5 Å². The largest absolute Gasteiger partial charge is 0.495 e. The number of rotatable bonds is 9. The number of halogens is 1. The number of amides is 1. The summed E-state index contributed by atoms with van der Waals surface area (Å²) in [6, 6.07) is 19.4. The van der Waals surface area contributed by atoms with E-state index in [-0.39, 0.29) is 23.0 Å². The minimum absolute atomic E-state index is 0.0811. The maximum Gasteiger partial charge on any atom is 0.267 e. The summed E-state index contributed by atoms with van der Waals surface area (Å²) in [5.41, 5.74) is 2.90. The molecule has 0 aliphatic carbocycles. The zero-order valence-electron chi connectivity index (χ0n) is 20.8. The first-order chi connectivity index (χ1) is 17.7. The van der Waals surface area contributed by atoms with Crippen molar-refractivity contribution in [1.29, 1.82) is 0 Å². The van der Waals surface area contributed by atoms with Crippen molar-refractivity contribution >= 4 is 49.1 Å². The lowest BCUT2D eigenvalue weighted by molar-refractivity contribution is -0.114. The fourth-order valence-corrected chi connectivity index (χ4v) is 6.25. The van der Waals surface area contributed by atoms with E-state index in [0.29, 0.717) is 24.5 Å². The van der Waals surface area contributed by atoms with Crippen LogP contribution in [0.25, 0.3) is 0 Å². The Morgan fingerprint density at radius 1 is 1.05 bits per heavy atom. The van der Waals surface area contributed by atoms with Gasteiger partial charge in [-0.1, -0.05) is 57.9 Å². The van der Waals surface area contributed by atoms with Gasteiger partial charge < -0.3 is 14.8 Å². The minimum atomic E-state index is -3.94. The first kappa shape index (κ1) is 26.7. The quantitative estimate of drug-likeness (QED) is 0.274. The van der Waals surface area contributed by atoms with Crippen molar-refractivity contribution in [1.82, 2.24) is 4.31 Å². The molecular weight excluding hydrogens is 558 g/mol. The maximum absolute atomic E-state index is 13.6. The molecule has 0 bridgehead atoms. The second kappa shape index (κ2) is 11.4.